The van der Waals surface area contributed by atoms with Crippen molar-refractivity contribution < 1.29 is 17.4 Å². The molecule has 2 unspecified atom stereocenters. The number of hydrogen-bond acceptors (Lipinski definition) is 0. The zero-order valence-corrected chi connectivity index (χ0v) is 22.9. The van der Waals surface area contributed by atoms with Gasteiger partial charge in [-0.3, -0.25) is 0 Å². The van der Waals surface area contributed by atoms with Crippen molar-refractivity contribution in [1.82, 2.24) is 0 Å². The number of rotatable bonds is 4. The van der Waals surface area contributed by atoms with Gasteiger partial charge in [0.25, 0.3) is 0 Å². The second-order valence-electron chi connectivity index (χ2n) is 9.21. The van der Waals surface area contributed by atoms with Gasteiger partial charge in [-0.05, 0) is 0 Å². The Balaban J connectivity index is 0.00000140. The molecule has 2 atom stereocenters. The van der Waals surface area contributed by atoms with E-state index in [1.165, 1.54) is 24.0 Å². The molecule has 0 saturated carbocycles. The summed E-state index contributed by atoms with van der Waals surface area (Å²) in [5.74, 6) is 0. The van der Waals surface area contributed by atoms with Crippen molar-refractivity contribution in [2.75, 3.05) is 0 Å². The van der Waals surface area contributed by atoms with Crippen LogP contribution < -0.4 is 0 Å². The quantitative estimate of drug-likeness (QED) is 0.380. The minimum atomic E-state index is -3.22. The molecule has 2 aliphatic carbocycles. The average Bonchev–Trinajstić information content (AvgIpc) is 3.20. The van der Waals surface area contributed by atoms with Gasteiger partial charge in [0.15, 0.2) is 0 Å². The molecule has 0 aromatic heterocycles. The Hall–Kier alpha value is -0.400. The van der Waals surface area contributed by atoms with Gasteiger partial charge in [0.05, 0.1) is 0 Å². The first kappa shape index (κ1) is 23.9. The maximum atomic E-state index is 2.73. The van der Waals surface area contributed by atoms with Gasteiger partial charge < -0.3 is 0 Å². The molecule has 0 aliphatic heterocycles. The fourth-order valence-electron chi connectivity index (χ4n) is 5.79. The third-order valence-corrected chi connectivity index (χ3v) is 24.3. The first-order valence-corrected chi connectivity index (χ1v) is 23.7. The van der Waals surface area contributed by atoms with Gasteiger partial charge in [-0.25, -0.2) is 0 Å². The molecular weight excluding hydrogens is 478 g/mol. The van der Waals surface area contributed by atoms with Crippen molar-refractivity contribution in [3.8, 4) is 0 Å². The van der Waals surface area contributed by atoms with Crippen LogP contribution in [-0.4, -0.2) is 6.88 Å². The summed E-state index contributed by atoms with van der Waals surface area (Å²) in [6, 6.07) is 18.3. The normalized spacial score (nSPS) is 20.3. The van der Waals surface area contributed by atoms with Gasteiger partial charge in [0.2, 0.25) is 0 Å². The molecule has 0 fully saturated rings. The molecule has 0 N–H and O–H groups in total. The maximum Gasteiger partial charge on any atom is -0.147 e. The molecule has 0 saturated heterocycles. The van der Waals surface area contributed by atoms with Crippen LogP contribution in [0.1, 0.15) is 56.2 Å². The van der Waals surface area contributed by atoms with Crippen molar-refractivity contribution in [2.45, 2.75) is 43.2 Å². The second kappa shape index (κ2) is 8.38. The van der Waals surface area contributed by atoms with Gasteiger partial charge in [-0.15, -0.1) is 24.8 Å². The maximum absolute atomic E-state index is 3.22. The number of hydrogen-bond donors (Lipinski definition) is 0. The van der Waals surface area contributed by atoms with E-state index in [2.05, 4.69) is 90.7 Å². The van der Waals surface area contributed by atoms with Crippen LogP contribution in [0, 0.1) is 0 Å². The van der Waals surface area contributed by atoms with E-state index < -0.39 is 17.4 Å². The van der Waals surface area contributed by atoms with E-state index in [0.29, 0.717) is 7.25 Å². The van der Waals surface area contributed by atoms with Crippen LogP contribution in [0.2, 0.25) is 9.26 Å². The zero-order valence-electron chi connectivity index (χ0n) is 17.4. The number of allylic oxidation sites excluding steroid dienone is 2. The van der Waals surface area contributed by atoms with Gasteiger partial charge in [0.1, 0.15) is 0 Å². The van der Waals surface area contributed by atoms with Crippen molar-refractivity contribution in [3.63, 3.8) is 0 Å². The Morgan fingerprint density at radius 3 is 1.43 bits per heavy atom. The molecule has 0 bridgehead atoms. The zero-order chi connectivity index (χ0) is 18.6. The predicted molar refractivity (Wildman–Crippen MR) is 130 cm³/mol. The largest absolute Gasteiger partial charge is 0.147 e. The van der Waals surface area contributed by atoms with Gasteiger partial charge in [0, 0.05) is 0 Å². The molecule has 2 aliphatic rings. The van der Waals surface area contributed by atoms with Crippen LogP contribution in [0.15, 0.2) is 59.7 Å². The molecule has 28 heavy (non-hydrogen) atoms. The summed E-state index contributed by atoms with van der Waals surface area (Å²) in [4.78, 5) is 0. The smallest absolute Gasteiger partial charge is 0.147 e. The van der Waals surface area contributed by atoms with Crippen LogP contribution in [0.25, 0.3) is 12.2 Å². The van der Waals surface area contributed by atoms with E-state index in [1.54, 1.807) is 22.3 Å². The molecule has 150 valence electrons. The molecular formula is C24H32Cl2SiZr. The SMILES string of the molecule is CCC1=Cc2ccccc2[CH]1[Zr]([CH3])([CH3])(=[SiH2])[CH]1C(CC)=Cc2ccccc21.Cl.Cl. The van der Waals surface area contributed by atoms with Crippen molar-refractivity contribution >= 4 is 43.8 Å². The van der Waals surface area contributed by atoms with E-state index in [4.69, 9.17) is 0 Å². The van der Waals surface area contributed by atoms with Gasteiger partial charge >= 0.3 is 162 Å². The molecule has 2 aromatic carbocycles. The molecule has 0 heterocycles. The Kier molecular flexibility index (Phi) is 7.15. The number of fused-ring (bicyclic) bond motifs is 2. The summed E-state index contributed by atoms with van der Waals surface area (Å²) in [6.07, 6.45) is 7.35. The van der Waals surface area contributed by atoms with Crippen molar-refractivity contribution in [2.24, 2.45) is 0 Å². The summed E-state index contributed by atoms with van der Waals surface area (Å²) in [5, 5.41) is 0. The number of halogens is 2. The molecule has 0 amide bonds. The Morgan fingerprint density at radius 2 is 1.07 bits per heavy atom. The van der Waals surface area contributed by atoms with Crippen molar-refractivity contribution in [3.05, 3.63) is 81.9 Å². The summed E-state index contributed by atoms with van der Waals surface area (Å²) in [6.45, 7) is 7.13. The molecule has 4 heteroatoms. The van der Waals surface area contributed by atoms with Gasteiger partial charge in [-0.1, -0.05) is 0 Å². The Morgan fingerprint density at radius 1 is 0.714 bits per heavy atom. The topological polar surface area (TPSA) is 0 Å². The molecule has 0 nitrogen and oxygen atoms in total. The average molecular weight is 511 g/mol. The Labute approximate surface area is 185 Å². The van der Waals surface area contributed by atoms with Crippen LogP contribution >= 0.6 is 24.8 Å². The first-order chi connectivity index (χ1) is 12.4. The molecule has 0 radical (unpaired) electrons. The summed E-state index contributed by atoms with van der Waals surface area (Å²) < 4.78 is 6.79. The minimum absolute atomic E-state index is 0. The van der Waals surface area contributed by atoms with Crippen LogP contribution in [0.4, 0.5) is 0 Å². The van der Waals surface area contributed by atoms with E-state index in [9.17, 15) is 0 Å². The Bertz CT molecular complexity index is 937. The second-order valence-corrected chi connectivity index (χ2v) is 39.7. The van der Waals surface area contributed by atoms with E-state index in [0.717, 1.165) is 0 Å². The van der Waals surface area contributed by atoms with E-state index in [1.807, 2.05) is 0 Å². The third-order valence-electron chi connectivity index (χ3n) is 6.75. The van der Waals surface area contributed by atoms with Crippen LogP contribution in [0.3, 0.4) is 0 Å². The van der Waals surface area contributed by atoms with Gasteiger partial charge in [-0.2, -0.15) is 0 Å². The molecule has 4 rings (SSSR count). The summed E-state index contributed by atoms with van der Waals surface area (Å²) in [5.41, 5.74) is 9.51. The van der Waals surface area contributed by atoms with Crippen LogP contribution in [0.5, 0.6) is 0 Å². The summed E-state index contributed by atoms with van der Waals surface area (Å²) in [7, 11) is 0. The minimum Gasteiger partial charge on any atom is -0.147 e. The van der Waals surface area contributed by atoms with E-state index >= 15 is 0 Å². The van der Waals surface area contributed by atoms with E-state index in [-0.39, 0.29) is 24.8 Å². The molecule has 0 spiro atoms. The fourth-order valence-corrected chi connectivity index (χ4v) is 26.0. The third kappa shape index (κ3) is 3.60. The standard InChI is InChI=1S/2C11H11.2CH3.2ClH.H2Si.Zr/c2*1-2-9-7-10-5-3-4-6-11(10)8-9;;;;;;/h2*3-8H,2H2,1H3;2*1H3;2*1H;1H2;. The first-order valence-electron chi connectivity index (χ1n) is 10.0. The summed E-state index contributed by atoms with van der Waals surface area (Å²) >= 11 is -3.22. The van der Waals surface area contributed by atoms with Crippen molar-refractivity contribution in [1.29, 1.82) is 0 Å². The fraction of sp³-hybridized carbons (Fsp3) is 0.333. The molecule has 2 aromatic rings. The number of benzene rings is 2. The monoisotopic (exact) mass is 508 g/mol. The van der Waals surface area contributed by atoms with Crippen LogP contribution in [-0.2, 0) is 17.4 Å². The predicted octanol–water partition coefficient (Wildman–Crippen LogP) is 7.26.